The number of hydrogen-bond acceptors (Lipinski definition) is 10. The molecule has 2 rings (SSSR count). The highest BCUT2D eigenvalue weighted by Gasteiger charge is 2.44. The number of amides is 3. The van der Waals surface area contributed by atoms with Crippen LogP contribution < -0.4 is 5.32 Å². The van der Waals surface area contributed by atoms with E-state index in [1.165, 1.54) is 11.3 Å². The van der Waals surface area contributed by atoms with E-state index in [1.54, 1.807) is 10.9 Å². The van der Waals surface area contributed by atoms with Gasteiger partial charge in [-0.25, -0.2) is 4.68 Å². The van der Waals surface area contributed by atoms with Crippen LogP contribution in [-0.4, -0.2) is 109 Å². The molecule has 1 aliphatic heterocycles. The van der Waals surface area contributed by atoms with Crippen molar-refractivity contribution in [3.8, 4) is 0 Å². The summed E-state index contributed by atoms with van der Waals surface area (Å²) in [6, 6.07) is 0. The summed E-state index contributed by atoms with van der Waals surface area (Å²) in [6.45, 7) is 13.0. The lowest BCUT2D eigenvalue weighted by Gasteiger charge is -2.24. The van der Waals surface area contributed by atoms with Gasteiger partial charge in [0.1, 0.15) is 5.69 Å². The van der Waals surface area contributed by atoms with Gasteiger partial charge in [0.05, 0.1) is 78.1 Å². The monoisotopic (exact) mass is 613 g/mol. The smallest absolute Gasteiger partial charge is 0.233 e. The molecule has 3 amide bonds. The number of ether oxygens (including phenoxy) is 4. The topological polar surface area (TPSA) is 134 Å². The van der Waals surface area contributed by atoms with E-state index in [0.717, 1.165) is 19.4 Å². The summed E-state index contributed by atoms with van der Waals surface area (Å²) >= 11 is 1.87. The van der Waals surface area contributed by atoms with Crippen LogP contribution >= 0.6 is 11.8 Å². The van der Waals surface area contributed by atoms with Gasteiger partial charge in [-0.15, -0.1) is 5.10 Å². The molecule has 240 valence electrons. The van der Waals surface area contributed by atoms with Crippen LogP contribution in [0.15, 0.2) is 6.20 Å². The third-order valence-corrected chi connectivity index (χ3v) is 8.05. The van der Waals surface area contributed by atoms with Crippen molar-refractivity contribution in [2.24, 2.45) is 11.3 Å². The van der Waals surface area contributed by atoms with Crippen molar-refractivity contribution in [1.29, 1.82) is 0 Å². The Labute approximate surface area is 254 Å². The van der Waals surface area contributed by atoms with Gasteiger partial charge in [0, 0.05) is 24.6 Å². The predicted octanol–water partition coefficient (Wildman–Crippen LogP) is 2.69. The zero-order chi connectivity index (χ0) is 30.8. The van der Waals surface area contributed by atoms with Gasteiger partial charge in [-0.3, -0.25) is 19.3 Å². The number of imide groups is 1. The summed E-state index contributed by atoms with van der Waals surface area (Å²) in [5.74, 6) is -0.577. The average molecular weight is 614 g/mol. The van der Waals surface area contributed by atoms with Crippen LogP contribution in [0, 0.1) is 11.3 Å². The number of carbonyl (C=O) groups is 3. The number of unbranched alkanes of at least 4 members (excludes halogenated alkanes) is 1. The van der Waals surface area contributed by atoms with E-state index in [2.05, 4.69) is 28.8 Å². The highest BCUT2D eigenvalue weighted by Crippen LogP contribution is 2.35. The minimum Gasteiger partial charge on any atom is -0.379 e. The molecule has 12 nitrogen and oxygen atoms in total. The Hall–Kier alpha value is -2.06. The zero-order valence-corrected chi connectivity index (χ0v) is 26.9. The van der Waals surface area contributed by atoms with Crippen molar-refractivity contribution in [2.45, 2.75) is 78.1 Å². The Balaban J connectivity index is 1.38. The molecule has 1 saturated heterocycles. The molecular formula is C29H51N5O7S. The molecule has 2 atom stereocenters. The minimum atomic E-state index is -0.301. The quantitative estimate of drug-likeness (QED) is 0.145. The van der Waals surface area contributed by atoms with Gasteiger partial charge >= 0.3 is 0 Å². The first-order valence-corrected chi connectivity index (χ1v) is 16.2. The van der Waals surface area contributed by atoms with Crippen molar-refractivity contribution in [2.75, 3.05) is 65.7 Å². The molecule has 42 heavy (non-hydrogen) atoms. The second kappa shape index (κ2) is 20.0. The van der Waals surface area contributed by atoms with Gasteiger partial charge in [0.25, 0.3) is 0 Å². The summed E-state index contributed by atoms with van der Waals surface area (Å²) in [5.41, 5.74) is 0.317. The SMILES string of the molecule is CSC(C)CCCCNC(=O)CCOCCOCCOCCOCCn1cc(CN2C(=O)CC(C(C)(C)C)C2=O)nn1. The molecule has 1 N–H and O–H groups in total. The Kier molecular flexibility index (Phi) is 17.2. The lowest BCUT2D eigenvalue weighted by Crippen LogP contribution is -2.33. The number of hydrogen-bond donors (Lipinski definition) is 1. The highest BCUT2D eigenvalue weighted by atomic mass is 32.2. The second-order valence-corrected chi connectivity index (χ2v) is 12.8. The van der Waals surface area contributed by atoms with E-state index in [0.29, 0.717) is 76.8 Å². The maximum atomic E-state index is 12.7. The predicted molar refractivity (Wildman–Crippen MR) is 161 cm³/mol. The van der Waals surface area contributed by atoms with Crippen LogP contribution in [-0.2, 0) is 46.4 Å². The summed E-state index contributed by atoms with van der Waals surface area (Å²) in [7, 11) is 0. The van der Waals surface area contributed by atoms with Crippen LogP contribution in [0.5, 0.6) is 0 Å². The summed E-state index contributed by atoms with van der Waals surface area (Å²) in [6.07, 6.45) is 7.79. The van der Waals surface area contributed by atoms with Gasteiger partial charge < -0.3 is 24.3 Å². The largest absolute Gasteiger partial charge is 0.379 e. The minimum absolute atomic E-state index is 0.0257. The number of rotatable bonds is 23. The van der Waals surface area contributed by atoms with E-state index in [9.17, 15) is 14.4 Å². The number of carbonyl (C=O) groups excluding carboxylic acids is 3. The molecule has 2 heterocycles. The van der Waals surface area contributed by atoms with Crippen molar-refractivity contribution in [3.05, 3.63) is 11.9 Å². The number of nitrogens with zero attached hydrogens (tertiary/aromatic N) is 4. The van der Waals surface area contributed by atoms with Crippen molar-refractivity contribution < 1.29 is 33.3 Å². The van der Waals surface area contributed by atoms with Crippen LogP contribution in [0.25, 0.3) is 0 Å². The Morgan fingerprint density at radius 1 is 1.02 bits per heavy atom. The summed E-state index contributed by atoms with van der Waals surface area (Å²) in [5, 5.41) is 11.8. The fourth-order valence-corrected chi connectivity index (χ4v) is 4.69. The molecule has 0 spiro atoms. The van der Waals surface area contributed by atoms with Crippen LogP contribution in [0.3, 0.4) is 0 Å². The molecule has 1 aromatic rings. The molecule has 0 aliphatic carbocycles. The maximum Gasteiger partial charge on any atom is 0.233 e. The van der Waals surface area contributed by atoms with E-state index >= 15 is 0 Å². The molecule has 2 unspecified atom stereocenters. The van der Waals surface area contributed by atoms with Gasteiger partial charge in [-0.1, -0.05) is 39.3 Å². The molecule has 0 saturated carbocycles. The molecule has 0 aromatic carbocycles. The van der Waals surface area contributed by atoms with Crippen molar-refractivity contribution in [3.63, 3.8) is 0 Å². The Morgan fingerprint density at radius 2 is 1.64 bits per heavy atom. The standard InChI is InChI=1S/C29H51N5O7S/c1-23(42-5)8-6-7-10-30-26(35)9-12-38-14-16-40-18-19-41-17-15-39-13-11-33-21-24(31-32-33)22-34-27(36)20-25(28(34)37)29(2,3)4/h21,23,25H,6-20,22H2,1-5H3,(H,30,35). The van der Waals surface area contributed by atoms with Crippen LogP contribution in [0.4, 0.5) is 0 Å². The third kappa shape index (κ3) is 14.4. The first-order valence-electron chi connectivity index (χ1n) is 15.0. The van der Waals surface area contributed by atoms with Gasteiger partial charge in [0.2, 0.25) is 17.7 Å². The van der Waals surface area contributed by atoms with Gasteiger partial charge in [-0.05, 0) is 24.5 Å². The molecule has 1 aromatic heterocycles. The summed E-state index contributed by atoms with van der Waals surface area (Å²) < 4.78 is 23.6. The molecule has 13 heteroatoms. The lowest BCUT2D eigenvalue weighted by molar-refractivity contribution is -0.141. The Morgan fingerprint density at radius 3 is 2.24 bits per heavy atom. The molecule has 1 fully saturated rings. The number of likely N-dealkylation sites (tertiary alicyclic amines) is 1. The lowest BCUT2D eigenvalue weighted by atomic mass is 9.80. The van der Waals surface area contributed by atoms with E-state index < -0.39 is 0 Å². The zero-order valence-electron chi connectivity index (χ0n) is 26.1. The fourth-order valence-electron chi connectivity index (χ4n) is 4.28. The number of aromatic nitrogens is 3. The second-order valence-electron chi connectivity index (χ2n) is 11.5. The first kappa shape index (κ1) is 36.1. The van der Waals surface area contributed by atoms with Gasteiger partial charge in [-0.2, -0.15) is 11.8 Å². The van der Waals surface area contributed by atoms with Crippen LogP contribution in [0.2, 0.25) is 0 Å². The summed E-state index contributed by atoms with van der Waals surface area (Å²) in [4.78, 5) is 38.1. The molecular weight excluding hydrogens is 562 g/mol. The van der Waals surface area contributed by atoms with E-state index in [1.807, 2.05) is 32.5 Å². The normalized spacial score (nSPS) is 16.4. The molecule has 0 radical (unpaired) electrons. The third-order valence-electron chi connectivity index (χ3n) is 7.01. The fraction of sp³-hybridized carbons (Fsp3) is 0.828. The maximum absolute atomic E-state index is 12.7. The number of nitrogens with one attached hydrogen (secondary N) is 1. The van der Waals surface area contributed by atoms with E-state index in [4.69, 9.17) is 18.9 Å². The van der Waals surface area contributed by atoms with Crippen LogP contribution in [0.1, 0.15) is 65.5 Å². The van der Waals surface area contributed by atoms with Crippen molar-refractivity contribution >= 4 is 29.5 Å². The molecule has 0 bridgehead atoms. The number of thioether (sulfide) groups is 1. The average Bonchev–Trinajstić information content (AvgIpc) is 3.52. The Bertz CT molecular complexity index is 940. The highest BCUT2D eigenvalue weighted by molar-refractivity contribution is 7.99. The van der Waals surface area contributed by atoms with Crippen molar-refractivity contribution in [1.82, 2.24) is 25.2 Å². The molecule has 1 aliphatic rings. The van der Waals surface area contributed by atoms with E-state index in [-0.39, 0.29) is 42.0 Å². The van der Waals surface area contributed by atoms with Gasteiger partial charge in [0.15, 0.2) is 0 Å². The first-order chi connectivity index (χ1) is 20.1.